The van der Waals surface area contributed by atoms with Crippen molar-refractivity contribution in [1.82, 2.24) is 0 Å². The molecule has 0 atom stereocenters. The molecule has 5 heterocycles. The van der Waals surface area contributed by atoms with Crippen LogP contribution in [0.15, 0.2) is 160 Å². The molecule has 0 saturated carbocycles. The highest BCUT2D eigenvalue weighted by Crippen LogP contribution is 2.48. The Morgan fingerprint density at radius 2 is 1.11 bits per heavy atom. The number of anilines is 6. The van der Waals surface area contributed by atoms with Crippen LogP contribution in [0, 0.1) is 6.92 Å². The summed E-state index contributed by atoms with van der Waals surface area (Å²) in [6, 6.07) is 54.5. The number of para-hydroxylation sites is 2. The van der Waals surface area contributed by atoms with Crippen molar-refractivity contribution < 1.29 is 18.3 Å². The molecule has 2 aromatic heterocycles. The lowest BCUT2D eigenvalue weighted by Crippen LogP contribution is -2.61. The van der Waals surface area contributed by atoms with E-state index in [9.17, 15) is 0 Å². The zero-order valence-corrected chi connectivity index (χ0v) is 34.7. The monoisotopic (exact) mass is 794 g/mol. The Morgan fingerprint density at radius 1 is 0.508 bits per heavy atom. The van der Waals surface area contributed by atoms with Gasteiger partial charge >= 0.3 is 0 Å². The molecule has 0 bridgehead atoms. The molecule has 0 N–H and O–H groups in total. The van der Waals surface area contributed by atoms with E-state index in [-0.39, 0.29) is 12.1 Å². The highest BCUT2D eigenvalue weighted by molar-refractivity contribution is 7.00. The predicted molar refractivity (Wildman–Crippen MR) is 250 cm³/mol. The smallest absolute Gasteiger partial charge is 0.252 e. The number of fused-ring (bicyclic) bond motifs is 7. The molecule has 0 unspecified atom stereocenters. The van der Waals surface area contributed by atoms with Gasteiger partial charge in [0.25, 0.3) is 6.71 Å². The molecule has 0 saturated heterocycles. The summed E-state index contributed by atoms with van der Waals surface area (Å²) in [5.41, 5.74) is 16.5. The molecule has 296 valence electrons. The molecule has 0 amide bonds. The minimum atomic E-state index is -0.0996. The summed E-state index contributed by atoms with van der Waals surface area (Å²) < 4.78 is 25.8. The predicted octanol–water partition coefficient (Wildman–Crippen LogP) is 12.4. The molecule has 3 aliphatic heterocycles. The number of rotatable bonds is 4. The lowest BCUT2D eigenvalue weighted by Gasteiger charge is -2.44. The van der Waals surface area contributed by atoms with Gasteiger partial charge in [-0.3, -0.25) is 0 Å². The van der Waals surface area contributed by atoms with Crippen molar-refractivity contribution in [1.29, 1.82) is 0 Å². The van der Waals surface area contributed by atoms with Gasteiger partial charge in [0.1, 0.15) is 22.7 Å². The fraction of sp³-hybridized carbons (Fsp3) is 0.148. The third-order valence-electron chi connectivity index (χ3n) is 12.6. The van der Waals surface area contributed by atoms with Crippen molar-refractivity contribution in [3.05, 3.63) is 163 Å². The molecule has 0 aliphatic carbocycles. The third-order valence-corrected chi connectivity index (χ3v) is 12.6. The summed E-state index contributed by atoms with van der Waals surface area (Å²) in [4.78, 5) is 4.89. The highest BCUT2D eigenvalue weighted by Gasteiger charge is 2.44. The maximum atomic E-state index is 6.52. The molecule has 61 heavy (non-hydrogen) atoms. The summed E-state index contributed by atoms with van der Waals surface area (Å²) >= 11 is 0. The Labute approximate surface area is 355 Å². The van der Waals surface area contributed by atoms with E-state index in [0.717, 1.165) is 102 Å². The van der Waals surface area contributed by atoms with Gasteiger partial charge < -0.3 is 28.1 Å². The number of hydrogen-bond acceptors (Lipinski definition) is 6. The molecule has 7 heteroatoms. The Kier molecular flexibility index (Phi) is 7.89. The van der Waals surface area contributed by atoms with E-state index in [0.29, 0.717) is 13.2 Å². The van der Waals surface area contributed by atoms with Crippen LogP contribution in [-0.4, -0.2) is 19.9 Å². The van der Waals surface area contributed by atoms with Crippen molar-refractivity contribution in [2.75, 3.05) is 23.0 Å². The molecule has 0 fully saturated rings. The van der Waals surface area contributed by atoms with Crippen LogP contribution in [0.25, 0.3) is 44.6 Å². The van der Waals surface area contributed by atoms with Crippen LogP contribution >= 0.6 is 0 Å². The minimum absolute atomic E-state index is 0.0246. The highest BCUT2D eigenvalue weighted by atomic mass is 16.5. The molecule has 0 radical (unpaired) electrons. The molecule has 6 nitrogen and oxygen atoms in total. The van der Waals surface area contributed by atoms with Gasteiger partial charge in [-0.2, -0.15) is 0 Å². The van der Waals surface area contributed by atoms with E-state index < -0.39 is 0 Å². The summed E-state index contributed by atoms with van der Waals surface area (Å²) in [5.74, 6) is 3.24. The van der Waals surface area contributed by atoms with E-state index in [1.807, 2.05) is 24.3 Å². The van der Waals surface area contributed by atoms with Gasteiger partial charge in [-0.05, 0) is 113 Å². The fourth-order valence-electron chi connectivity index (χ4n) is 9.65. The SMILES string of the molecule is Cc1cc2c3c(c1)N(c1ccc(C(C)(C)C)cc1)c1cc4c(cc1B3c1ccc(-c3cc5ccccc5o3)cc1N2c1cccc(-c2cc3ccccc3o2)c1)OCCCO4. The summed E-state index contributed by atoms with van der Waals surface area (Å²) in [7, 11) is 0. The third kappa shape index (κ3) is 5.78. The van der Waals surface area contributed by atoms with E-state index in [1.165, 1.54) is 22.0 Å². The van der Waals surface area contributed by atoms with Gasteiger partial charge in [-0.25, -0.2) is 0 Å². The number of hydrogen-bond donors (Lipinski definition) is 0. The normalized spacial score (nSPS) is 14.2. The average molecular weight is 795 g/mol. The molecule has 3 aliphatic rings. The second-order valence-corrected chi connectivity index (χ2v) is 17.6. The van der Waals surface area contributed by atoms with Gasteiger partial charge in [-0.1, -0.05) is 93.6 Å². The Morgan fingerprint density at radius 3 is 1.77 bits per heavy atom. The van der Waals surface area contributed by atoms with E-state index >= 15 is 0 Å². The zero-order chi connectivity index (χ0) is 41.0. The summed E-state index contributed by atoms with van der Waals surface area (Å²) in [6.07, 6.45) is 0.833. The van der Waals surface area contributed by atoms with Gasteiger partial charge in [0, 0.05) is 68.5 Å². The van der Waals surface area contributed by atoms with Gasteiger partial charge in [0.15, 0.2) is 11.5 Å². The van der Waals surface area contributed by atoms with Crippen molar-refractivity contribution in [2.45, 2.75) is 39.5 Å². The lowest BCUT2D eigenvalue weighted by molar-refractivity contribution is 0.297. The first-order valence-corrected chi connectivity index (χ1v) is 21.3. The maximum absolute atomic E-state index is 6.52. The lowest BCUT2D eigenvalue weighted by atomic mass is 9.33. The molecular formula is C54H43BN2O4. The fourth-order valence-corrected chi connectivity index (χ4v) is 9.65. The summed E-state index contributed by atoms with van der Waals surface area (Å²) in [6.45, 7) is 10.1. The van der Waals surface area contributed by atoms with Gasteiger partial charge in [-0.15, -0.1) is 0 Å². The second kappa shape index (κ2) is 13.4. The zero-order valence-electron chi connectivity index (χ0n) is 34.7. The molecule has 0 spiro atoms. The number of nitrogens with zero attached hydrogens (tertiary/aromatic N) is 2. The number of aryl methyl sites for hydroxylation is 1. The van der Waals surface area contributed by atoms with Gasteiger partial charge in [0.2, 0.25) is 0 Å². The number of furan rings is 2. The molecule has 12 rings (SSSR count). The van der Waals surface area contributed by atoms with Crippen LogP contribution in [0.1, 0.15) is 38.3 Å². The standard InChI is InChI=1S/C54H43BN2O4/c1-33-25-45-53-46(26-33)57(40-14-9-13-34(27-40)49-29-35-11-5-7-15-47(35)60-49)43-28-37(50-30-36-12-6-8-16-48(36)61-50)17-22-41(43)55(53)42-31-51-52(59-24-10-23-58-51)32-44(42)56(45)39-20-18-38(19-21-39)54(2,3)4/h5-9,11-22,25-32H,10,23-24H2,1-4H3. The van der Waals surface area contributed by atoms with Crippen LogP contribution in [0.3, 0.4) is 0 Å². The van der Waals surface area contributed by atoms with Crippen molar-refractivity contribution >= 4 is 79.2 Å². The van der Waals surface area contributed by atoms with Crippen LogP contribution < -0.4 is 35.7 Å². The molecule has 7 aromatic carbocycles. The van der Waals surface area contributed by atoms with Crippen LogP contribution in [-0.2, 0) is 5.41 Å². The molecule has 9 aromatic rings. The van der Waals surface area contributed by atoms with E-state index in [1.54, 1.807) is 0 Å². The topological polar surface area (TPSA) is 51.2 Å². The number of benzene rings is 7. The second-order valence-electron chi connectivity index (χ2n) is 17.6. The Balaban J connectivity index is 1.12. The van der Waals surface area contributed by atoms with Crippen LogP contribution in [0.5, 0.6) is 11.5 Å². The minimum Gasteiger partial charge on any atom is -0.490 e. The van der Waals surface area contributed by atoms with Gasteiger partial charge in [0.05, 0.1) is 13.2 Å². The van der Waals surface area contributed by atoms with E-state index in [4.69, 9.17) is 18.3 Å². The largest absolute Gasteiger partial charge is 0.490 e. The summed E-state index contributed by atoms with van der Waals surface area (Å²) in [5, 5.41) is 2.16. The van der Waals surface area contributed by atoms with Crippen molar-refractivity contribution in [2.24, 2.45) is 0 Å². The quantitative estimate of drug-likeness (QED) is 0.165. The van der Waals surface area contributed by atoms with Crippen LogP contribution in [0.2, 0.25) is 0 Å². The average Bonchev–Trinajstić information content (AvgIpc) is 3.84. The number of ether oxygens (including phenoxy) is 2. The maximum Gasteiger partial charge on any atom is 0.252 e. The first kappa shape index (κ1) is 35.8. The first-order chi connectivity index (χ1) is 29.7. The Bertz CT molecular complexity index is 3140. The van der Waals surface area contributed by atoms with Crippen molar-refractivity contribution in [3.63, 3.8) is 0 Å². The van der Waals surface area contributed by atoms with Crippen molar-refractivity contribution in [3.8, 4) is 34.1 Å². The first-order valence-electron chi connectivity index (χ1n) is 21.3. The molecular weight excluding hydrogens is 751 g/mol. The van der Waals surface area contributed by atoms with Crippen LogP contribution in [0.4, 0.5) is 34.1 Å². The Hall–Kier alpha value is -7.12. The van der Waals surface area contributed by atoms with E-state index in [2.05, 4.69) is 165 Å².